The lowest BCUT2D eigenvalue weighted by Gasteiger charge is -2.20. The van der Waals surface area contributed by atoms with E-state index in [1.165, 1.54) is 6.92 Å². The van der Waals surface area contributed by atoms with Crippen molar-refractivity contribution >= 4 is 29.5 Å². The van der Waals surface area contributed by atoms with Crippen molar-refractivity contribution in [3.63, 3.8) is 0 Å². The van der Waals surface area contributed by atoms with Crippen LogP contribution in [0.3, 0.4) is 0 Å². The van der Waals surface area contributed by atoms with Crippen molar-refractivity contribution in [3.05, 3.63) is 12.2 Å². The van der Waals surface area contributed by atoms with Crippen LogP contribution in [0.25, 0.3) is 0 Å². The maximum atomic E-state index is 12.0. The zero-order chi connectivity index (χ0) is 19.1. The molecule has 25 heavy (non-hydrogen) atoms. The number of carbonyl (C=O) groups is 5. The van der Waals surface area contributed by atoms with Crippen molar-refractivity contribution in [2.45, 2.75) is 52.2 Å². The number of hydrogen-bond donors (Lipinski definition) is 3. The normalized spacial score (nSPS) is 16.0. The van der Waals surface area contributed by atoms with Gasteiger partial charge in [-0.25, -0.2) is 0 Å². The van der Waals surface area contributed by atoms with Crippen molar-refractivity contribution in [1.82, 2.24) is 20.9 Å². The molecule has 0 bridgehead atoms. The fraction of sp³-hybridized carbons (Fsp3) is 0.562. The summed E-state index contributed by atoms with van der Waals surface area (Å²) >= 11 is 0. The van der Waals surface area contributed by atoms with Gasteiger partial charge in [-0.2, -0.15) is 0 Å². The molecular formula is C16H24N4O5. The Kier molecular flexibility index (Phi) is 7.28. The highest BCUT2D eigenvalue weighted by Gasteiger charge is 2.25. The third kappa shape index (κ3) is 6.36. The molecule has 0 aromatic rings. The first-order valence-corrected chi connectivity index (χ1v) is 8.05. The molecule has 9 heteroatoms. The minimum Gasteiger partial charge on any atom is -0.352 e. The average molecular weight is 352 g/mol. The van der Waals surface area contributed by atoms with Gasteiger partial charge in [-0.15, -0.1) is 0 Å². The quantitative estimate of drug-likeness (QED) is 0.475. The second-order valence-electron chi connectivity index (χ2n) is 6.09. The van der Waals surface area contributed by atoms with E-state index in [1.807, 2.05) is 0 Å². The van der Waals surface area contributed by atoms with Gasteiger partial charge in [0.25, 0.3) is 11.8 Å². The summed E-state index contributed by atoms with van der Waals surface area (Å²) in [5.74, 6) is -2.23. The van der Waals surface area contributed by atoms with Gasteiger partial charge in [0.1, 0.15) is 12.1 Å². The molecule has 3 N–H and O–H groups in total. The third-order valence-electron chi connectivity index (χ3n) is 3.42. The van der Waals surface area contributed by atoms with Crippen LogP contribution in [0, 0.1) is 0 Å². The maximum Gasteiger partial charge on any atom is 0.253 e. The van der Waals surface area contributed by atoms with Crippen molar-refractivity contribution < 1.29 is 24.0 Å². The molecule has 0 radical (unpaired) electrons. The Morgan fingerprint density at radius 3 is 1.88 bits per heavy atom. The van der Waals surface area contributed by atoms with E-state index < -0.39 is 35.7 Å². The van der Waals surface area contributed by atoms with Crippen molar-refractivity contribution in [2.75, 3.05) is 6.54 Å². The molecule has 1 heterocycles. The molecule has 0 saturated carbocycles. The second-order valence-corrected chi connectivity index (χ2v) is 6.09. The number of nitrogens with zero attached hydrogens (tertiary/aromatic N) is 1. The Morgan fingerprint density at radius 1 is 0.880 bits per heavy atom. The molecular weight excluding hydrogens is 328 g/mol. The van der Waals surface area contributed by atoms with Crippen molar-refractivity contribution in [2.24, 2.45) is 0 Å². The van der Waals surface area contributed by atoms with E-state index in [0.29, 0.717) is 0 Å². The molecule has 0 saturated heterocycles. The highest BCUT2D eigenvalue weighted by molar-refractivity contribution is 6.13. The van der Waals surface area contributed by atoms with Crippen LogP contribution in [-0.2, 0) is 24.0 Å². The van der Waals surface area contributed by atoms with Crippen molar-refractivity contribution in [3.8, 4) is 0 Å². The summed E-state index contributed by atoms with van der Waals surface area (Å²) in [6.07, 6.45) is 2.17. The first-order valence-electron chi connectivity index (χ1n) is 8.05. The van der Waals surface area contributed by atoms with Crippen LogP contribution in [0.5, 0.6) is 0 Å². The van der Waals surface area contributed by atoms with E-state index in [0.717, 1.165) is 17.1 Å². The molecule has 5 amide bonds. The number of imide groups is 1. The highest BCUT2D eigenvalue weighted by atomic mass is 16.2. The van der Waals surface area contributed by atoms with Gasteiger partial charge >= 0.3 is 0 Å². The van der Waals surface area contributed by atoms with Crippen LogP contribution in [0.2, 0.25) is 0 Å². The van der Waals surface area contributed by atoms with E-state index in [9.17, 15) is 24.0 Å². The van der Waals surface area contributed by atoms with Crippen LogP contribution in [0.1, 0.15) is 34.1 Å². The Hall–Kier alpha value is -2.71. The fourth-order valence-corrected chi connectivity index (χ4v) is 2.06. The highest BCUT2D eigenvalue weighted by Crippen LogP contribution is 2.04. The Morgan fingerprint density at radius 2 is 1.36 bits per heavy atom. The molecule has 0 fully saturated rings. The third-order valence-corrected chi connectivity index (χ3v) is 3.42. The van der Waals surface area contributed by atoms with Crippen LogP contribution in [-0.4, -0.2) is 59.1 Å². The molecule has 1 rings (SSSR count). The van der Waals surface area contributed by atoms with Gasteiger partial charge < -0.3 is 16.0 Å². The zero-order valence-electron chi connectivity index (χ0n) is 14.8. The topological polar surface area (TPSA) is 125 Å². The minimum absolute atomic E-state index is 0.0468. The molecule has 1 aliphatic rings. The monoisotopic (exact) mass is 352 g/mol. The van der Waals surface area contributed by atoms with Gasteiger partial charge in [0, 0.05) is 31.2 Å². The van der Waals surface area contributed by atoms with Gasteiger partial charge in [0.2, 0.25) is 17.7 Å². The molecule has 9 nitrogen and oxygen atoms in total. The fourth-order valence-electron chi connectivity index (χ4n) is 2.06. The van der Waals surface area contributed by atoms with E-state index >= 15 is 0 Å². The van der Waals surface area contributed by atoms with Crippen LogP contribution >= 0.6 is 0 Å². The maximum absolute atomic E-state index is 12.0. The molecule has 0 spiro atoms. The van der Waals surface area contributed by atoms with Crippen LogP contribution in [0.15, 0.2) is 12.2 Å². The van der Waals surface area contributed by atoms with Gasteiger partial charge in [-0.1, -0.05) is 0 Å². The lowest BCUT2D eigenvalue weighted by molar-refractivity contribution is -0.137. The molecule has 0 aromatic heterocycles. The summed E-state index contributed by atoms with van der Waals surface area (Å²) in [6.45, 7) is 6.58. The van der Waals surface area contributed by atoms with E-state index in [4.69, 9.17) is 0 Å². The predicted octanol–water partition coefficient (Wildman–Crippen LogP) is -1.16. The number of rotatable bonds is 8. The first kappa shape index (κ1) is 20.3. The predicted molar refractivity (Wildman–Crippen MR) is 89.0 cm³/mol. The smallest absolute Gasteiger partial charge is 0.253 e. The number of carbonyl (C=O) groups excluding carboxylic acids is 5. The Labute approximate surface area is 146 Å². The van der Waals surface area contributed by atoms with Crippen molar-refractivity contribution in [1.29, 1.82) is 0 Å². The zero-order valence-corrected chi connectivity index (χ0v) is 14.8. The van der Waals surface area contributed by atoms with Crippen LogP contribution in [0.4, 0.5) is 0 Å². The van der Waals surface area contributed by atoms with E-state index in [2.05, 4.69) is 16.0 Å². The Bertz CT molecular complexity index is 581. The molecule has 0 aromatic carbocycles. The van der Waals surface area contributed by atoms with Gasteiger partial charge in [-0.3, -0.25) is 28.9 Å². The Balaban J connectivity index is 2.38. The van der Waals surface area contributed by atoms with Gasteiger partial charge in [-0.05, 0) is 27.7 Å². The van der Waals surface area contributed by atoms with Gasteiger partial charge in [0.05, 0.1) is 0 Å². The molecule has 1 aliphatic heterocycles. The summed E-state index contributed by atoms with van der Waals surface area (Å²) in [4.78, 5) is 59.3. The SMILES string of the molecule is CC(C)NC(=O)[C@H](C)NC(=O)[C@H](C)NC(=O)CCN1C(=O)C=CC1=O. The first-order chi connectivity index (χ1) is 11.6. The number of amides is 5. The molecule has 138 valence electrons. The minimum atomic E-state index is -0.857. The lowest BCUT2D eigenvalue weighted by Crippen LogP contribution is -2.52. The summed E-state index contributed by atoms with van der Waals surface area (Å²) in [6, 6.07) is -1.64. The lowest BCUT2D eigenvalue weighted by atomic mass is 10.2. The summed E-state index contributed by atoms with van der Waals surface area (Å²) in [7, 11) is 0. The number of nitrogens with one attached hydrogen (secondary N) is 3. The molecule has 0 aliphatic carbocycles. The standard InChI is InChI=1S/C16H24N4O5/c1-9(2)17-15(24)11(4)19-16(25)10(3)18-12(21)7-8-20-13(22)5-6-14(20)23/h5-6,9-11H,7-8H2,1-4H3,(H,17,24)(H,18,21)(H,19,25)/t10-,11-/m0/s1. The van der Waals surface area contributed by atoms with E-state index in [-0.39, 0.29) is 24.9 Å². The van der Waals surface area contributed by atoms with Gasteiger partial charge in [0.15, 0.2) is 0 Å². The average Bonchev–Trinajstić information content (AvgIpc) is 2.83. The molecule has 2 atom stereocenters. The summed E-state index contributed by atoms with van der Waals surface area (Å²) < 4.78 is 0. The van der Waals surface area contributed by atoms with Crippen LogP contribution < -0.4 is 16.0 Å². The second kappa shape index (κ2) is 8.95. The van der Waals surface area contributed by atoms with E-state index in [1.54, 1.807) is 20.8 Å². The summed E-state index contributed by atoms with van der Waals surface area (Å²) in [5.41, 5.74) is 0. The molecule has 0 unspecified atom stereocenters. The number of hydrogen-bond acceptors (Lipinski definition) is 5. The largest absolute Gasteiger partial charge is 0.352 e. The summed E-state index contributed by atoms with van der Waals surface area (Å²) in [5, 5.41) is 7.64.